The van der Waals surface area contributed by atoms with Gasteiger partial charge in [0.1, 0.15) is 11.5 Å². The lowest BCUT2D eigenvalue weighted by Gasteiger charge is -2.14. The fraction of sp³-hybridized carbons (Fsp3) is 0.429. The molecule has 0 aromatic heterocycles. The summed E-state index contributed by atoms with van der Waals surface area (Å²) >= 11 is 0. The number of esters is 2. The molecule has 1 heterocycles. The van der Waals surface area contributed by atoms with Crippen LogP contribution in [0.3, 0.4) is 0 Å². The molecule has 0 unspecified atom stereocenters. The number of hydrogen-bond acceptors (Lipinski definition) is 4. The van der Waals surface area contributed by atoms with Crippen LogP contribution in [0.2, 0.25) is 0 Å². The van der Waals surface area contributed by atoms with Crippen molar-refractivity contribution in [3.63, 3.8) is 0 Å². The first-order valence-electron chi connectivity index (χ1n) is 9.14. The Morgan fingerprint density at radius 3 is 2.76 bits per heavy atom. The van der Waals surface area contributed by atoms with Gasteiger partial charge in [0.2, 0.25) is 0 Å². The molecule has 132 valence electrons. The molecule has 0 spiro atoms. The first-order valence-corrected chi connectivity index (χ1v) is 9.14. The van der Waals surface area contributed by atoms with E-state index in [9.17, 15) is 9.59 Å². The number of carbonyl (C=O) groups excluding carboxylic acids is 2. The molecule has 1 aromatic carbocycles. The van der Waals surface area contributed by atoms with E-state index in [4.69, 9.17) is 9.47 Å². The van der Waals surface area contributed by atoms with Crippen LogP contribution in [-0.4, -0.2) is 11.9 Å². The first kappa shape index (κ1) is 17.5. The smallest absolute Gasteiger partial charge is 0.343 e. The van der Waals surface area contributed by atoms with Gasteiger partial charge in [0.15, 0.2) is 0 Å². The van der Waals surface area contributed by atoms with Gasteiger partial charge >= 0.3 is 11.9 Å². The van der Waals surface area contributed by atoms with Crippen molar-refractivity contribution in [3.05, 3.63) is 47.1 Å². The molecular weight excluding hydrogens is 316 g/mol. The summed E-state index contributed by atoms with van der Waals surface area (Å²) in [4.78, 5) is 24.0. The van der Waals surface area contributed by atoms with E-state index in [1.165, 1.54) is 12.0 Å². The molecule has 25 heavy (non-hydrogen) atoms. The van der Waals surface area contributed by atoms with Gasteiger partial charge in [-0.1, -0.05) is 37.5 Å². The Kier molecular flexibility index (Phi) is 5.69. The fourth-order valence-electron chi connectivity index (χ4n) is 3.23. The Morgan fingerprint density at radius 1 is 1.20 bits per heavy atom. The molecule has 1 aliphatic heterocycles. The lowest BCUT2D eigenvalue weighted by molar-refractivity contribution is -0.134. The summed E-state index contributed by atoms with van der Waals surface area (Å²) in [6, 6.07) is 7.15. The summed E-state index contributed by atoms with van der Waals surface area (Å²) in [6.07, 6.45) is 9.47. The van der Waals surface area contributed by atoms with Crippen molar-refractivity contribution >= 4 is 17.7 Å². The molecule has 0 bridgehead atoms. The molecule has 0 atom stereocenters. The van der Waals surface area contributed by atoms with Crippen LogP contribution in [0.5, 0.6) is 5.75 Å². The molecule has 0 radical (unpaired) electrons. The molecular formula is C21H24O4. The normalized spacial score (nSPS) is 17.3. The summed E-state index contributed by atoms with van der Waals surface area (Å²) < 4.78 is 10.8. The number of rotatable bonds is 5. The molecule has 1 saturated carbocycles. The molecule has 4 nitrogen and oxygen atoms in total. The number of benzene rings is 1. The van der Waals surface area contributed by atoms with Crippen molar-refractivity contribution in [2.45, 2.75) is 58.3 Å². The van der Waals surface area contributed by atoms with Crippen molar-refractivity contribution in [1.29, 1.82) is 0 Å². The highest BCUT2D eigenvalue weighted by Crippen LogP contribution is 2.34. The number of cyclic esters (lactones) is 1. The van der Waals surface area contributed by atoms with Gasteiger partial charge in [-0.2, -0.15) is 0 Å². The van der Waals surface area contributed by atoms with E-state index in [-0.39, 0.29) is 11.9 Å². The van der Waals surface area contributed by atoms with E-state index in [0.29, 0.717) is 23.5 Å². The van der Waals surface area contributed by atoms with Crippen molar-refractivity contribution < 1.29 is 19.1 Å². The summed E-state index contributed by atoms with van der Waals surface area (Å²) in [5.74, 6) is 0.512. The molecule has 1 fully saturated rings. The second-order valence-corrected chi connectivity index (χ2v) is 6.58. The molecule has 1 aromatic rings. The number of ether oxygens (including phenoxy) is 2. The Bertz CT molecular complexity index is 719. The lowest BCUT2D eigenvalue weighted by atomic mass is 9.91. The van der Waals surface area contributed by atoms with Crippen LogP contribution in [0.4, 0.5) is 0 Å². The zero-order chi connectivity index (χ0) is 17.6. The van der Waals surface area contributed by atoms with E-state index in [0.717, 1.165) is 44.1 Å². The average molecular weight is 340 g/mol. The third-order valence-electron chi connectivity index (χ3n) is 4.62. The quantitative estimate of drug-likeness (QED) is 0.433. The van der Waals surface area contributed by atoms with Crippen LogP contribution in [0, 0.1) is 0 Å². The first-order chi connectivity index (χ1) is 12.2. The molecule has 0 N–H and O–H groups in total. The van der Waals surface area contributed by atoms with Crippen LogP contribution >= 0.6 is 0 Å². The van der Waals surface area contributed by atoms with Gasteiger partial charge in [0.25, 0.3) is 0 Å². The zero-order valence-corrected chi connectivity index (χ0v) is 14.7. The highest BCUT2D eigenvalue weighted by atomic mass is 16.5. The summed E-state index contributed by atoms with van der Waals surface area (Å²) in [6.45, 7) is 2.03. The molecule has 3 rings (SSSR count). The van der Waals surface area contributed by atoms with Gasteiger partial charge in [0, 0.05) is 12.0 Å². The van der Waals surface area contributed by atoms with E-state index < -0.39 is 0 Å². The highest BCUT2D eigenvalue weighted by Gasteiger charge is 2.26. The Balaban J connectivity index is 1.77. The Labute approximate surface area is 148 Å². The van der Waals surface area contributed by atoms with Crippen LogP contribution in [0.1, 0.15) is 63.9 Å². The van der Waals surface area contributed by atoms with Crippen LogP contribution in [0.15, 0.2) is 41.5 Å². The Hall–Kier alpha value is -2.36. The third-order valence-corrected chi connectivity index (χ3v) is 4.62. The van der Waals surface area contributed by atoms with Crippen LogP contribution in [-0.2, 0) is 14.3 Å². The van der Waals surface area contributed by atoms with Crippen molar-refractivity contribution in [2.24, 2.45) is 0 Å². The number of unbranched alkanes of at least 4 members (excludes halogenated alkanes) is 1. The minimum atomic E-state index is -0.266. The van der Waals surface area contributed by atoms with Crippen molar-refractivity contribution in [2.75, 3.05) is 0 Å². The predicted octanol–water partition coefficient (Wildman–Crippen LogP) is 4.94. The molecule has 2 aliphatic rings. The van der Waals surface area contributed by atoms with Crippen LogP contribution < -0.4 is 4.74 Å². The standard InChI is InChI=1S/C21H24O4/c1-2-3-12-20(22)24-17-11-7-10-16(13-17)19-14-18(21(23)25-19)15-8-5-4-6-9-15/h7,10-11,13-14H,2-6,8-9,12H2,1H3. The van der Waals surface area contributed by atoms with Gasteiger partial charge in [0.05, 0.1) is 5.57 Å². The fourth-order valence-corrected chi connectivity index (χ4v) is 3.23. The topological polar surface area (TPSA) is 52.6 Å². The average Bonchev–Trinajstić information content (AvgIpc) is 3.03. The van der Waals surface area contributed by atoms with Crippen molar-refractivity contribution in [1.82, 2.24) is 0 Å². The maximum Gasteiger partial charge on any atom is 0.343 e. The highest BCUT2D eigenvalue weighted by molar-refractivity contribution is 6.02. The number of hydrogen-bond donors (Lipinski definition) is 0. The summed E-state index contributed by atoms with van der Waals surface area (Å²) in [5.41, 5.74) is 2.66. The van der Waals surface area contributed by atoms with Crippen molar-refractivity contribution in [3.8, 4) is 5.75 Å². The molecule has 0 saturated heterocycles. The molecule has 0 amide bonds. The van der Waals surface area contributed by atoms with Gasteiger partial charge in [-0.15, -0.1) is 0 Å². The van der Waals surface area contributed by atoms with E-state index in [1.807, 2.05) is 19.1 Å². The lowest BCUT2D eigenvalue weighted by Crippen LogP contribution is -2.07. The number of carbonyl (C=O) groups is 2. The maximum absolute atomic E-state index is 12.2. The van der Waals surface area contributed by atoms with Gasteiger partial charge in [-0.3, -0.25) is 4.79 Å². The maximum atomic E-state index is 12.2. The van der Waals surface area contributed by atoms with Gasteiger partial charge in [-0.25, -0.2) is 4.79 Å². The van der Waals surface area contributed by atoms with Crippen LogP contribution in [0.25, 0.3) is 5.76 Å². The Morgan fingerprint density at radius 2 is 2.00 bits per heavy atom. The molecule has 4 heteroatoms. The predicted molar refractivity (Wildman–Crippen MR) is 95.8 cm³/mol. The second kappa shape index (κ2) is 8.15. The largest absolute Gasteiger partial charge is 0.427 e. The van der Waals surface area contributed by atoms with Gasteiger partial charge in [-0.05, 0) is 50.3 Å². The molecule has 1 aliphatic carbocycles. The zero-order valence-electron chi connectivity index (χ0n) is 14.7. The summed E-state index contributed by atoms with van der Waals surface area (Å²) in [5, 5.41) is 0. The third kappa shape index (κ3) is 4.38. The SMILES string of the molecule is CCCCC(=O)Oc1cccc(C2=CC(=C3CCCCC3)C(=O)O2)c1. The second-order valence-electron chi connectivity index (χ2n) is 6.58. The number of allylic oxidation sites excluding steroid dienone is 1. The van der Waals surface area contributed by atoms with E-state index in [1.54, 1.807) is 18.2 Å². The van der Waals surface area contributed by atoms with Gasteiger partial charge < -0.3 is 9.47 Å². The minimum Gasteiger partial charge on any atom is -0.427 e. The minimum absolute atomic E-state index is 0.235. The summed E-state index contributed by atoms with van der Waals surface area (Å²) in [7, 11) is 0. The van der Waals surface area contributed by atoms with E-state index >= 15 is 0 Å². The van der Waals surface area contributed by atoms with E-state index in [2.05, 4.69) is 0 Å². The monoisotopic (exact) mass is 340 g/mol.